The van der Waals surface area contributed by atoms with Gasteiger partial charge in [0.1, 0.15) is 11.6 Å². The first-order chi connectivity index (χ1) is 6.56. The number of aromatic nitrogens is 2. The number of nitrogens with one attached hydrogen (secondary N) is 2. The van der Waals surface area contributed by atoms with Gasteiger partial charge in [0.25, 0.3) is 0 Å². The average molecular weight is 214 g/mol. The summed E-state index contributed by atoms with van der Waals surface area (Å²) in [5.74, 6) is 0.742. The molecule has 1 aromatic heterocycles. The van der Waals surface area contributed by atoms with Gasteiger partial charge in [-0.25, -0.2) is 4.98 Å². The number of hydrogen-bond donors (Lipinski definition) is 3. The van der Waals surface area contributed by atoms with E-state index in [0.29, 0.717) is 23.6 Å². The Morgan fingerprint density at radius 1 is 1.57 bits per heavy atom. The van der Waals surface area contributed by atoms with Gasteiger partial charge >= 0.3 is 0 Å². The summed E-state index contributed by atoms with van der Waals surface area (Å²) >= 11 is 5.65. The molecular weight excluding hydrogens is 202 g/mol. The van der Waals surface area contributed by atoms with Crippen molar-refractivity contribution >= 4 is 28.9 Å². The van der Waals surface area contributed by atoms with Crippen molar-refractivity contribution in [2.24, 2.45) is 0 Å². The molecule has 76 valence electrons. The van der Waals surface area contributed by atoms with Crippen molar-refractivity contribution in [3.63, 3.8) is 0 Å². The summed E-state index contributed by atoms with van der Waals surface area (Å²) in [6, 6.07) is 0. The molecule has 4 N–H and O–H groups in total. The Morgan fingerprint density at radius 3 is 2.71 bits per heavy atom. The zero-order valence-electron chi connectivity index (χ0n) is 8.06. The number of nitrogens with zero attached hydrogens (tertiary/aromatic N) is 2. The van der Waals surface area contributed by atoms with Crippen molar-refractivity contribution in [1.82, 2.24) is 9.97 Å². The van der Waals surface area contributed by atoms with Crippen molar-refractivity contribution < 1.29 is 0 Å². The first-order valence-electron chi connectivity index (χ1n) is 4.18. The van der Waals surface area contributed by atoms with E-state index < -0.39 is 0 Å². The monoisotopic (exact) mass is 213 g/mol. The molecule has 0 aliphatic heterocycles. The summed E-state index contributed by atoms with van der Waals surface area (Å²) in [4.78, 5) is 7.76. The molecule has 0 fully saturated rings. The fourth-order valence-corrected chi connectivity index (χ4v) is 1.29. The van der Waals surface area contributed by atoms with Crippen LogP contribution >= 0.6 is 11.6 Å². The molecular formula is C8H12ClN5. The smallest absolute Gasteiger partial charge is 0.226 e. The molecule has 0 bridgehead atoms. The molecule has 1 aromatic rings. The van der Waals surface area contributed by atoms with Crippen LogP contribution in [0.1, 0.15) is 19.4 Å². The molecule has 0 unspecified atom stereocenters. The summed E-state index contributed by atoms with van der Waals surface area (Å²) in [6.45, 7) is 4.24. The minimum absolute atomic E-state index is 0.0865. The Hall–Kier alpha value is -1.36. The predicted octanol–water partition coefficient (Wildman–Crippen LogP) is 1.53. The lowest BCUT2D eigenvalue weighted by Crippen LogP contribution is -2.11. The van der Waals surface area contributed by atoms with Gasteiger partial charge in [0.05, 0.1) is 5.56 Å². The normalized spacial score (nSPS) is 9.93. The number of hydrogen-bond acceptors (Lipinski definition) is 5. The van der Waals surface area contributed by atoms with Crippen LogP contribution in [0.25, 0.3) is 0 Å². The van der Waals surface area contributed by atoms with Gasteiger partial charge < -0.3 is 16.5 Å². The summed E-state index contributed by atoms with van der Waals surface area (Å²) < 4.78 is 0. The number of halogens is 1. The van der Waals surface area contributed by atoms with Crippen LogP contribution in [0.15, 0.2) is 0 Å². The van der Waals surface area contributed by atoms with E-state index in [9.17, 15) is 0 Å². The third-order valence-electron chi connectivity index (χ3n) is 1.63. The molecule has 0 aliphatic carbocycles. The molecule has 0 aliphatic rings. The fraction of sp³-hybridized carbons (Fsp3) is 0.375. The minimum Gasteiger partial charge on any atom is -0.383 e. The summed E-state index contributed by atoms with van der Waals surface area (Å²) in [5.41, 5.74) is 6.46. The van der Waals surface area contributed by atoms with Gasteiger partial charge in [0, 0.05) is 12.3 Å². The van der Waals surface area contributed by atoms with Crippen LogP contribution < -0.4 is 11.1 Å². The number of nitrogens with two attached hydrogens (primary N) is 1. The van der Waals surface area contributed by atoms with Crippen LogP contribution in [0.5, 0.6) is 0 Å². The maximum Gasteiger partial charge on any atom is 0.226 e. The molecule has 0 atom stereocenters. The fourth-order valence-electron chi connectivity index (χ4n) is 1.11. The molecule has 0 amide bonds. The van der Waals surface area contributed by atoms with Gasteiger partial charge in [0.2, 0.25) is 5.28 Å². The lowest BCUT2D eigenvalue weighted by molar-refractivity contribution is 1.11. The molecule has 0 saturated heterocycles. The summed E-state index contributed by atoms with van der Waals surface area (Å²) in [6.07, 6.45) is 0. The Balaban J connectivity index is 3.28. The lowest BCUT2D eigenvalue weighted by atomic mass is 10.2. The maximum absolute atomic E-state index is 7.52. The number of anilines is 2. The van der Waals surface area contributed by atoms with Gasteiger partial charge in [-0.2, -0.15) is 4.98 Å². The van der Waals surface area contributed by atoms with Gasteiger partial charge in [-0.05, 0) is 25.4 Å². The molecule has 6 heteroatoms. The van der Waals surface area contributed by atoms with Crippen LogP contribution in [-0.2, 0) is 0 Å². The number of rotatable bonds is 3. The molecule has 0 radical (unpaired) electrons. The standard InChI is InChI=1S/C8H12ClN5/c1-3-12-7-5(4(2)10)6(11)13-8(9)14-7/h10H,3H2,1-2H3,(H3,11,12,13,14). The molecule has 0 saturated carbocycles. The topological polar surface area (TPSA) is 87.7 Å². The summed E-state index contributed by atoms with van der Waals surface area (Å²) in [5, 5.41) is 10.6. The predicted molar refractivity (Wildman–Crippen MR) is 58.1 cm³/mol. The molecule has 1 rings (SSSR count). The number of nitrogen functional groups attached to an aromatic ring is 1. The highest BCUT2D eigenvalue weighted by Crippen LogP contribution is 2.20. The SMILES string of the molecule is CCNc1nc(Cl)nc(N)c1C(C)=N. The van der Waals surface area contributed by atoms with Gasteiger partial charge in [0.15, 0.2) is 0 Å². The Morgan fingerprint density at radius 2 is 2.21 bits per heavy atom. The van der Waals surface area contributed by atoms with Crippen molar-refractivity contribution in [2.75, 3.05) is 17.6 Å². The highest BCUT2D eigenvalue weighted by atomic mass is 35.5. The molecule has 0 aromatic carbocycles. The first-order valence-corrected chi connectivity index (χ1v) is 4.56. The summed E-state index contributed by atoms with van der Waals surface area (Å²) in [7, 11) is 0. The van der Waals surface area contributed by atoms with Crippen molar-refractivity contribution in [3.8, 4) is 0 Å². The van der Waals surface area contributed by atoms with Crippen molar-refractivity contribution in [3.05, 3.63) is 10.8 Å². The maximum atomic E-state index is 7.52. The van der Waals surface area contributed by atoms with Crippen molar-refractivity contribution in [2.45, 2.75) is 13.8 Å². The highest BCUT2D eigenvalue weighted by Gasteiger charge is 2.12. The van der Waals surface area contributed by atoms with E-state index in [1.807, 2.05) is 6.92 Å². The zero-order valence-corrected chi connectivity index (χ0v) is 8.81. The van der Waals surface area contributed by atoms with Crippen LogP contribution in [0.4, 0.5) is 11.6 Å². The molecule has 0 spiro atoms. The second-order valence-corrected chi connectivity index (χ2v) is 3.09. The lowest BCUT2D eigenvalue weighted by Gasteiger charge is -2.10. The Labute approximate surface area is 87.2 Å². The van der Waals surface area contributed by atoms with Crippen LogP contribution in [0.2, 0.25) is 5.28 Å². The van der Waals surface area contributed by atoms with E-state index in [2.05, 4.69) is 15.3 Å². The van der Waals surface area contributed by atoms with Crippen LogP contribution in [-0.4, -0.2) is 22.2 Å². The molecule has 1 heterocycles. The minimum atomic E-state index is 0.0865. The van der Waals surface area contributed by atoms with E-state index in [-0.39, 0.29) is 11.1 Å². The van der Waals surface area contributed by atoms with Gasteiger partial charge in [-0.3, -0.25) is 0 Å². The Bertz CT molecular complexity index is 363. The second-order valence-electron chi connectivity index (χ2n) is 2.76. The Kier molecular flexibility index (Phi) is 3.24. The van der Waals surface area contributed by atoms with Gasteiger partial charge in [-0.1, -0.05) is 0 Å². The van der Waals surface area contributed by atoms with E-state index in [1.54, 1.807) is 6.92 Å². The zero-order chi connectivity index (χ0) is 10.7. The largest absolute Gasteiger partial charge is 0.383 e. The van der Waals surface area contributed by atoms with E-state index >= 15 is 0 Å². The van der Waals surface area contributed by atoms with Gasteiger partial charge in [-0.15, -0.1) is 0 Å². The van der Waals surface area contributed by atoms with E-state index in [0.717, 1.165) is 0 Å². The highest BCUT2D eigenvalue weighted by molar-refractivity contribution is 6.28. The van der Waals surface area contributed by atoms with E-state index in [4.69, 9.17) is 22.7 Å². The first kappa shape index (κ1) is 10.7. The second kappa shape index (κ2) is 4.23. The quantitative estimate of drug-likeness (QED) is 0.525. The molecule has 5 nitrogen and oxygen atoms in total. The third kappa shape index (κ3) is 2.11. The molecule has 14 heavy (non-hydrogen) atoms. The van der Waals surface area contributed by atoms with Crippen LogP contribution in [0.3, 0.4) is 0 Å². The van der Waals surface area contributed by atoms with Crippen molar-refractivity contribution in [1.29, 1.82) is 5.41 Å². The van der Waals surface area contributed by atoms with Crippen LogP contribution in [0, 0.1) is 5.41 Å². The average Bonchev–Trinajstić information content (AvgIpc) is 2.01. The third-order valence-corrected chi connectivity index (χ3v) is 1.80. The van der Waals surface area contributed by atoms with E-state index in [1.165, 1.54) is 0 Å².